The molecule has 1 fully saturated rings. The first kappa shape index (κ1) is 20.3. The zero-order chi connectivity index (χ0) is 18.9. The zero-order valence-electron chi connectivity index (χ0n) is 15.4. The molecule has 0 bridgehead atoms. The third-order valence-corrected chi connectivity index (χ3v) is 4.97. The van der Waals surface area contributed by atoms with Gasteiger partial charge in [-0.2, -0.15) is 0 Å². The molecule has 2 N–H and O–H groups in total. The molecule has 1 aliphatic carbocycles. The maximum Gasteiger partial charge on any atom is 0.259 e. The SMILES string of the molecule is COCCC(=O)NC1CCC(NC(=S)N(C)C(=O)c2ccccc2)CC1. The normalized spacial score (nSPS) is 19.5. The van der Waals surface area contributed by atoms with E-state index in [1.54, 1.807) is 26.3 Å². The van der Waals surface area contributed by atoms with Gasteiger partial charge >= 0.3 is 0 Å². The average Bonchev–Trinajstić information content (AvgIpc) is 2.67. The molecule has 26 heavy (non-hydrogen) atoms. The standard InChI is InChI=1S/C19H27N3O3S/c1-22(18(24)14-6-4-3-5-7-14)19(26)21-16-10-8-15(9-11-16)20-17(23)12-13-25-2/h3-7,15-16H,8-13H2,1-2H3,(H,20,23)(H,21,26). The van der Waals surface area contributed by atoms with Gasteiger partial charge in [0.2, 0.25) is 5.91 Å². The summed E-state index contributed by atoms with van der Waals surface area (Å²) in [5, 5.41) is 6.76. The molecule has 0 spiro atoms. The summed E-state index contributed by atoms with van der Waals surface area (Å²) in [4.78, 5) is 25.7. The van der Waals surface area contributed by atoms with E-state index in [2.05, 4.69) is 10.6 Å². The largest absolute Gasteiger partial charge is 0.384 e. The number of amides is 2. The fraction of sp³-hybridized carbons (Fsp3) is 0.526. The van der Waals surface area contributed by atoms with E-state index in [1.165, 1.54) is 4.90 Å². The summed E-state index contributed by atoms with van der Waals surface area (Å²) in [6.07, 6.45) is 4.00. The van der Waals surface area contributed by atoms with Crippen molar-refractivity contribution in [2.24, 2.45) is 0 Å². The molecule has 0 heterocycles. The highest BCUT2D eigenvalue weighted by molar-refractivity contribution is 7.80. The molecule has 2 amide bonds. The number of nitrogens with zero attached hydrogens (tertiary/aromatic N) is 1. The number of nitrogens with one attached hydrogen (secondary N) is 2. The molecule has 6 nitrogen and oxygen atoms in total. The van der Waals surface area contributed by atoms with Crippen LogP contribution in [0.5, 0.6) is 0 Å². The average molecular weight is 378 g/mol. The monoisotopic (exact) mass is 377 g/mol. The fourth-order valence-corrected chi connectivity index (χ4v) is 3.26. The third kappa shape index (κ3) is 6.07. The lowest BCUT2D eigenvalue weighted by Gasteiger charge is -2.31. The van der Waals surface area contributed by atoms with Crippen molar-refractivity contribution in [3.63, 3.8) is 0 Å². The molecule has 2 rings (SSSR count). The van der Waals surface area contributed by atoms with E-state index >= 15 is 0 Å². The van der Waals surface area contributed by atoms with Crippen molar-refractivity contribution < 1.29 is 14.3 Å². The van der Waals surface area contributed by atoms with Crippen LogP contribution in [-0.2, 0) is 9.53 Å². The van der Waals surface area contributed by atoms with Gasteiger partial charge in [-0.25, -0.2) is 0 Å². The smallest absolute Gasteiger partial charge is 0.259 e. The van der Waals surface area contributed by atoms with Crippen molar-refractivity contribution in [2.45, 2.75) is 44.2 Å². The lowest BCUT2D eigenvalue weighted by molar-refractivity contribution is -0.122. The van der Waals surface area contributed by atoms with Gasteiger partial charge in [0, 0.05) is 38.2 Å². The summed E-state index contributed by atoms with van der Waals surface area (Å²) in [6, 6.07) is 9.52. The van der Waals surface area contributed by atoms with Gasteiger partial charge in [-0.05, 0) is 50.0 Å². The van der Waals surface area contributed by atoms with E-state index in [-0.39, 0.29) is 23.9 Å². The summed E-state index contributed by atoms with van der Waals surface area (Å²) in [7, 11) is 3.28. The topological polar surface area (TPSA) is 70.7 Å². The number of benzene rings is 1. The van der Waals surface area contributed by atoms with Gasteiger partial charge in [-0.1, -0.05) is 18.2 Å². The van der Waals surface area contributed by atoms with Crippen LogP contribution in [-0.4, -0.2) is 54.7 Å². The van der Waals surface area contributed by atoms with Gasteiger partial charge in [0.05, 0.1) is 6.61 Å². The molecule has 0 radical (unpaired) electrons. The number of thiocarbonyl (C=S) groups is 1. The summed E-state index contributed by atoms with van der Waals surface area (Å²) >= 11 is 5.39. The van der Waals surface area contributed by atoms with E-state index < -0.39 is 0 Å². The van der Waals surface area contributed by atoms with Gasteiger partial charge in [0.1, 0.15) is 0 Å². The van der Waals surface area contributed by atoms with Crippen molar-refractivity contribution in [1.29, 1.82) is 0 Å². The second-order valence-corrected chi connectivity index (χ2v) is 6.93. The Morgan fingerprint density at radius 2 is 1.69 bits per heavy atom. The van der Waals surface area contributed by atoms with Crippen LogP contribution in [0, 0.1) is 0 Å². The third-order valence-electron chi connectivity index (χ3n) is 4.58. The highest BCUT2D eigenvalue weighted by Gasteiger charge is 2.24. The number of hydrogen-bond acceptors (Lipinski definition) is 4. The van der Waals surface area contributed by atoms with Gasteiger partial charge in [0.15, 0.2) is 5.11 Å². The van der Waals surface area contributed by atoms with Crippen LogP contribution in [0.1, 0.15) is 42.5 Å². The lowest BCUT2D eigenvalue weighted by Crippen LogP contribution is -2.48. The van der Waals surface area contributed by atoms with Crippen LogP contribution in [0.4, 0.5) is 0 Å². The number of ether oxygens (including phenoxy) is 1. The second kappa shape index (κ2) is 10.2. The maximum atomic E-state index is 12.4. The zero-order valence-corrected chi connectivity index (χ0v) is 16.2. The Kier molecular flexibility index (Phi) is 8.00. The van der Waals surface area contributed by atoms with Crippen LogP contribution >= 0.6 is 12.2 Å². The first-order chi connectivity index (χ1) is 12.5. The number of hydrogen-bond donors (Lipinski definition) is 2. The molecule has 1 aromatic carbocycles. The molecular weight excluding hydrogens is 350 g/mol. The van der Waals surface area contributed by atoms with E-state index in [9.17, 15) is 9.59 Å². The predicted molar refractivity (Wildman–Crippen MR) is 105 cm³/mol. The van der Waals surface area contributed by atoms with E-state index in [4.69, 9.17) is 17.0 Å². The van der Waals surface area contributed by atoms with Crippen molar-refractivity contribution in [1.82, 2.24) is 15.5 Å². The first-order valence-electron chi connectivity index (χ1n) is 8.93. The Morgan fingerprint density at radius 1 is 1.12 bits per heavy atom. The molecule has 7 heteroatoms. The van der Waals surface area contributed by atoms with Crippen molar-refractivity contribution in [3.8, 4) is 0 Å². The van der Waals surface area contributed by atoms with Crippen molar-refractivity contribution in [3.05, 3.63) is 35.9 Å². The van der Waals surface area contributed by atoms with Gasteiger partial charge < -0.3 is 15.4 Å². The van der Waals surface area contributed by atoms with Crippen LogP contribution in [0.3, 0.4) is 0 Å². The Hall–Kier alpha value is -1.99. The molecule has 0 saturated heterocycles. The summed E-state index contributed by atoms with van der Waals surface area (Å²) < 4.78 is 4.92. The number of carbonyl (C=O) groups is 2. The molecule has 0 aliphatic heterocycles. The minimum atomic E-state index is -0.123. The lowest BCUT2D eigenvalue weighted by atomic mass is 9.91. The number of carbonyl (C=O) groups excluding carboxylic acids is 2. The Bertz CT molecular complexity index is 616. The molecule has 1 saturated carbocycles. The van der Waals surface area contributed by atoms with E-state index in [0.29, 0.717) is 23.7 Å². The van der Waals surface area contributed by atoms with Crippen LogP contribution in [0.15, 0.2) is 30.3 Å². The quantitative estimate of drug-likeness (QED) is 0.743. The molecule has 0 unspecified atom stereocenters. The van der Waals surface area contributed by atoms with Gasteiger partial charge in [-0.3, -0.25) is 14.5 Å². The highest BCUT2D eigenvalue weighted by Crippen LogP contribution is 2.19. The van der Waals surface area contributed by atoms with Crippen molar-refractivity contribution in [2.75, 3.05) is 20.8 Å². The Balaban J connectivity index is 1.75. The van der Waals surface area contributed by atoms with E-state index in [0.717, 1.165) is 25.7 Å². The van der Waals surface area contributed by atoms with Crippen LogP contribution < -0.4 is 10.6 Å². The highest BCUT2D eigenvalue weighted by atomic mass is 32.1. The molecular formula is C19H27N3O3S. The Morgan fingerprint density at radius 3 is 2.27 bits per heavy atom. The predicted octanol–water partition coefficient (Wildman–Crippen LogP) is 2.10. The molecule has 1 aliphatic rings. The van der Waals surface area contributed by atoms with Gasteiger partial charge in [0.25, 0.3) is 5.91 Å². The summed E-state index contributed by atoms with van der Waals surface area (Å²) in [6.45, 7) is 0.443. The first-order valence-corrected chi connectivity index (χ1v) is 9.34. The second-order valence-electron chi connectivity index (χ2n) is 6.54. The Labute approximate surface area is 160 Å². The van der Waals surface area contributed by atoms with E-state index in [1.807, 2.05) is 18.2 Å². The number of methoxy groups -OCH3 is 1. The number of rotatable bonds is 6. The maximum absolute atomic E-state index is 12.4. The van der Waals surface area contributed by atoms with Crippen molar-refractivity contribution >= 4 is 29.1 Å². The van der Waals surface area contributed by atoms with Gasteiger partial charge in [-0.15, -0.1) is 0 Å². The molecule has 0 atom stereocenters. The summed E-state index contributed by atoms with van der Waals surface area (Å²) in [5.74, 6) is -0.0887. The summed E-state index contributed by atoms with van der Waals surface area (Å²) in [5.41, 5.74) is 0.613. The molecule has 0 aromatic heterocycles. The molecule has 142 valence electrons. The minimum absolute atomic E-state index is 0.0342. The fourth-order valence-electron chi connectivity index (χ4n) is 3.01. The van der Waals surface area contributed by atoms with Crippen LogP contribution in [0.25, 0.3) is 0 Å². The molecule has 1 aromatic rings. The minimum Gasteiger partial charge on any atom is -0.384 e. The van der Waals surface area contributed by atoms with Crippen LogP contribution in [0.2, 0.25) is 0 Å².